The Bertz CT molecular complexity index is 1340. The number of imidazole rings is 1. The molecule has 1 amide bonds. The monoisotopic (exact) mass is 462 g/mol. The number of sulfonamides is 1. The Balaban J connectivity index is 1.29. The second-order valence-electron chi connectivity index (χ2n) is 7.30. The van der Waals surface area contributed by atoms with Crippen molar-refractivity contribution >= 4 is 27.7 Å². The van der Waals surface area contributed by atoms with Crippen molar-refractivity contribution in [2.24, 2.45) is 0 Å². The standard InChI is InChI=1S/C23H22N6O3S/c24-23-27-15-20(28-23)18-9-6-16(7-10-18)13-26-22(30)12-17-8-11-21(25-14-17)29-33(31,32)19-4-2-1-3-5-19/h1-11,14-15H,12-13H2,(H,25,29)(H,26,30)(H3,24,27,28). The normalized spacial score (nSPS) is 11.2. The van der Waals surface area contributed by atoms with E-state index < -0.39 is 10.0 Å². The van der Waals surface area contributed by atoms with Crippen molar-refractivity contribution in [3.8, 4) is 11.3 Å². The SMILES string of the molecule is Nc1ncc(-c2ccc(CNC(=O)Cc3ccc(NS(=O)(=O)c4ccccc4)nc3)cc2)[nH]1. The van der Waals surface area contributed by atoms with Crippen LogP contribution in [0.3, 0.4) is 0 Å². The minimum Gasteiger partial charge on any atom is -0.369 e. The minimum atomic E-state index is -3.71. The van der Waals surface area contributed by atoms with E-state index >= 15 is 0 Å². The number of carbonyl (C=O) groups excluding carboxylic acids is 1. The number of H-pyrrole nitrogens is 1. The minimum absolute atomic E-state index is 0.129. The van der Waals surface area contributed by atoms with Crippen molar-refractivity contribution in [3.63, 3.8) is 0 Å². The zero-order valence-electron chi connectivity index (χ0n) is 17.5. The van der Waals surface area contributed by atoms with Crippen LogP contribution >= 0.6 is 0 Å². The molecule has 10 heteroatoms. The summed E-state index contributed by atoms with van der Waals surface area (Å²) in [5, 5.41) is 2.87. The number of nitrogens with zero attached hydrogens (tertiary/aromatic N) is 2. The van der Waals surface area contributed by atoms with Crippen LogP contribution in [0.25, 0.3) is 11.3 Å². The summed E-state index contributed by atoms with van der Waals surface area (Å²) < 4.78 is 27.1. The maximum atomic E-state index is 12.4. The lowest BCUT2D eigenvalue weighted by molar-refractivity contribution is -0.120. The van der Waals surface area contributed by atoms with Crippen molar-refractivity contribution in [2.45, 2.75) is 17.9 Å². The maximum Gasteiger partial charge on any atom is 0.263 e. The van der Waals surface area contributed by atoms with Gasteiger partial charge in [0.25, 0.3) is 10.0 Å². The Labute approximate surface area is 191 Å². The molecule has 2 aromatic heterocycles. The lowest BCUT2D eigenvalue weighted by atomic mass is 10.1. The first kappa shape index (κ1) is 22.0. The molecule has 0 aliphatic heterocycles. The van der Waals surface area contributed by atoms with Gasteiger partial charge in [-0.05, 0) is 34.9 Å². The van der Waals surface area contributed by atoms with E-state index in [2.05, 4.69) is 25.0 Å². The molecule has 0 saturated carbocycles. The Morgan fingerprint density at radius 2 is 1.64 bits per heavy atom. The second kappa shape index (κ2) is 9.53. The average Bonchev–Trinajstić information content (AvgIpc) is 3.26. The third-order valence-corrected chi connectivity index (χ3v) is 6.20. The number of carbonyl (C=O) groups is 1. The van der Waals surface area contributed by atoms with Gasteiger partial charge in [-0.2, -0.15) is 0 Å². The molecule has 2 aromatic carbocycles. The number of anilines is 2. The molecular formula is C23H22N6O3S. The Hall–Kier alpha value is -4.18. The first-order chi connectivity index (χ1) is 15.9. The summed E-state index contributed by atoms with van der Waals surface area (Å²) in [6.07, 6.45) is 3.27. The molecule has 0 bridgehead atoms. The molecule has 0 aliphatic carbocycles. The van der Waals surface area contributed by atoms with Crippen LogP contribution in [-0.2, 0) is 27.8 Å². The predicted molar refractivity (Wildman–Crippen MR) is 125 cm³/mol. The third kappa shape index (κ3) is 5.74. The van der Waals surface area contributed by atoms with Gasteiger partial charge >= 0.3 is 0 Å². The fraction of sp³-hybridized carbons (Fsp3) is 0.0870. The highest BCUT2D eigenvalue weighted by Crippen LogP contribution is 2.18. The molecular weight excluding hydrogens is 440 g/mol. The third-order valence-electron chi connectivity index (χ3n) is 4.83. The maximum absolute atomic E-state index is 12.4. The molecule has 0 radical (unpaired) electrons. The number of hydrogen-bond acceptors (Lipinski definition) is 6. The van der Waals surface area contributed by atoms with Crippen LogP contribution in [0.15, 0.2) is 84.0 Å². The van der Waals surface area contributed by atoms with Gasteiger partial charge < -0.3 is 16.0 Å². The zero-order valence-corrected chi connectivity index (χ0v) is 18.3. The number of benzene rings is 2. The molecule has 0 unspecified atom stereocenters. The summed E-state index contributed by atoms with van der Waals surface area (Å²) >= 11 is 0. The summed E-state index contributed by atoms with van der Waals surface area (Å²) in [5.74, 6) is 0.374. The quantitative estimate of drug-likeness (QED) is 0.317. The van der Waals surface area contributed by atoms with Gasteiger partial charge in [-0.3, -0.25) is 9.52 Å². The zero-order chi connectivity index (χ0) is 23.3. The Morgan fingerprint density at radius 1 is 0.909 bits per heavy atom. The molecule has 0 saturated heterocycles. The molecule has 5 N–H and O–H groups in total. The molecule has 0 spiro atoms. The van der Waals surface area contributed by atoms with Crippen LogP contribution < -0.4 is 15.8 Å². The van der Waals surface area contributed by atoms with Gasteiger partial charge in [-0.15, -0.1) is 0 Å². The largest absolute Gasteiger partial charge is 0.369 e. The summed E-state index contributed by atoms with van der Waals surface area (Å²) in [6, 6.07) is 18.9. The van der Waals surface area contributed by atoms with Crippen molar-refractivity contribution in [3.05, 3.63) is 90.3 Å². The van der Waals surface area contributed by atoms with Crippen molar-refractivity contribution in [1.29, 1.82) is 0 Å². The lowest BCUT2D eigenvalue weighted by Crippen LogP contribution is -2.24. The van der Waals surface area contributed by atoms with E-state index in [9.17, 15) is 13.2 Å². The molecule has 168 valence electrons. The molecule has 0 aliphatic rings. The van der Waals surface area contributed by atoms with Crippen LogP contribution in [0.5, 0.6) is 0 Å². The lowest BCUT2D eigenvalue weighted by Gasteiger charge is -2.09. The van der Waals surface area contributed by atoms with Gasteiger partial charge in [0.05, 0.1) is 23.2 Å². The van der Waals surface area contributed by atoms with E-state index in [-0.39, 0.29) is 23.0 Å². The second-order valence-corrected chi connectivity index (χ2v) is 8.99. The van der Waals surface area contributed by atoms with Gasteiger partial charge in [-0.25, -0.2) is 18.4 Å². The van der Waals surface area contributed by atoms with Crippen LogP contribution in [0.4, 0.5) is 11.8 Å². The number of pyridine rings is 1. The Kier molecular flexibility index (Phi) is 6.36. The summed E-state index contributed by atoms with van der Waals surface area (Å²) in [6.45, 7) is 0.382. The number of rotatable bonds is 8. The molecule has 4 rings (SSSR count). The molecule has 4 aromatic rings. The Morgan fingerprint density at radius 3 is 2.27 bits per heavy atom. The van der Waals surface area contributed by atoms with E-state index in [4.69, 9.17) is 5.73 Å². The van der Waals surface area contributed by atoms with E-state index in [1.54, 1.807) is 30.5 Å². The first-order valence-corrected chi connectivity index (χ1v) is 11.6. The highest BCUT2D eigenvalue weighted by Gasteiger charge is 2.14. The fourth-order valence-electron chi connectivity index (χ4n) is 3.12. The number of nitrogens with two attached hydrogens (primary N) is 1. The van der Waals surface area contributed by atoms with Gasteiger partial charge in [0, 0.05) is 12.7 Å². The van der Waals surface area contributed by atoms with Crippen molar-refractivity contribution in [1.82, 2.24) is 20.3 Å². The van der Waals surface area contributed by atoms with Gasteiger partial charge in [0.15, 0.2) is 5.95 Å². The van der Waals surface area contributed by atoms with E-state index in [1.807, 2.05) is 24.3 Å². The van der Waals surface area contributed by atoms with E-state index in [0.717, 1.165) is 16.8 Å². The average molecular weight is 463 g/mol. The number of nitrogen functional groups attached to an aromatic ring is 1. The van der Waals surface area contributed by atoms with Crippen molar-refractivity contribution in [2.75, 3.05) is 10.5 Å². The highest BCUT2D eigenvalue weighted by atomic mass is 32.2. The van der Waals surface area contributed by atoms with Gasteiger partial charge in [-0.1, -0.05) is 48.5 Å². The number of nitrogens with one attached hydrogen (secondary N) is 3. The summed E-state index contributed by atoms with van der Waals surface area (Å²) in [4.78, 5) is 23.5. The summed E-state index contributed by atoms with van der Waals surface area (Å²) in [5.41, 5.74) is 8.99. The number of aromatic amines is 1. The fourth-order valence-corrected chi connectivity index (χ4v) is 4.15. The van der Waals surface area contributed by atoms with E-state index in [0.29, 0.717) is 18.1 Å². The highest BCUT2D eigenvalue weighted by molar-refractivity contribution is 7.92. The molecule has 2 heterocycles. The number of hydrogen-bond donors (Lipinski definition) is 4. The van der Waals surface area contributed by atoms with Crippen LogP contribution in [-0.4, -0.2) is 29.3 Å². The molecule has 9 nitrogen and oxygen atoms in total. The van der Waals surface area contributed by atoms with Crippen LogP contribution in [0, 0.1) is 0 Å². The predicted octanol–water partition coefficient (Wildman–Crippen LogP) is 2.71. The van der Waals surface area contributed by atoms with Crippen LogP contribution in [0.2, 0.25) is 0 Å². The topological polar surface area (TPSA) is 143 Å². The molecule has 33 heavy (non-hydrogen) atoms. The number of aromatic nitrogens is 3. The van der Waals surface area contributed by atoms with Crippen LogP contribution in [0.1, 0.15) is 11.1 Å². The molecule has 0 fully saturated rings. The molecule has 0 atom stereocenters. The van der Waals surface area contributed by atoms with Gasteiger partial charge in [0.1, 0.15) is 5.82 Å². The van der Waals surface area contributed by atoms with Gasteiger partial charge in [0.2, 0.25) is 5.91 Å². The first-order valence-electron chi connectivity index (χ1n) is 10.1. The smallest absolute Gasteiger partial charge is 0.263 e. The van der Waals surface area contributed by atoms with E-state index in [1.165, 1.54) is 24.4 Å². The van der Waals surface area contributed by atoms with Crippen molar-refractivity contribution < 1.29 is 13.2 Å². The number of amides is 1. The summed E-state index contributed by atoms with van der Waals surface area (Å²) in [7, 11) is -3.71.